The van der Waals surface area contributed by atoms with Crippen LogP contribution in [0.15, 0.2) is 72.8 Å². The Labute approximate surface area is 194 Å². The molecule has 1 N–H and O–H groups in total. The molecule has 2 unspecified atom stereocenters. The number of fused-ring (bicyclic) bond motifs is 3. The number of ether oxygens (including phenoxy) is 1. The zero-order valence-corrected chi connectivity index (χ0v) is 18.9. The third-order valence-corrected chi connectivity index (χ3v) is 7.35. The molecule has 0 spiro atoms. The lowest BCUT2D eigenvalue weighted by molar-refractivity contribution is 0.00456. The van der Waals surface area contributed by atoms with Crippen molar-refractivity contribution < 1.29 is 13.5 Å². The molecule has 0 aliphatic carbocycles. The van der Waals surface area contributed by atoms with Crippen LogP contribution in [0.3, 0.4) is 0 Å². The van der Waals surface area contributed by atoms with E-state index in [9.17, 15) is 8.78 Å². The quantitative estimate of drug-likeness (QED) is 0.527. The van der Waals surface area contributed by atoms with Crippen molar-refractivity contribution in [2.75, 3.05) is 20.2 Å². The molecule has 3 heterocycles. The zero-order valence-electron chi connectivity index (χ0n) is 18.9. The Balaban J connectivity index is 1.52. The molecule has 3 aromatic rings. The number of nitrogens with zero attached hydrogens (tertiary/aromatic N) is 1. The number of halogens is 2. The Morgan fingerprint density at radius 3 is 2.15 bits per heavy atom. The second-order valence-electron chi connectivity index (χ2n) is 9.17. The minimum atomic E-state index is -0.261. The zero-order chi connectivity index (χ0) is 22.8. The van der Waals surface area contributed by atoms with E-state index in [0.29, 0.717) is 12.5 Å². The molecule has 3 aromatic carbocycles. The highest BCUT2D eigenvalue weighted by atomic mass is 19.1. The van der Waals surface area contributed by atoms with Crippen LogP contribution in [0.5, 0.6) is 5.75 Å². The number of rotatable bonds is 7. The second kappa shape index (κ2) is 9.62. The van der Waals surface area contributed by atoms with Crippen LogP contribution in [-0.2, 0) is 6.54 Å². The molecule has 3 nitrogen and oxygen atoms in total. The number of benzene rings is 3. The average Bonchev–Trinajstić information content (AvgIpc) is 2.84. The number of hydrogen-bond acceptors (Lipinski definition) is 3. The minimum Gasteiger partial charge on any atom is -0.496 e. The number of nitrogens with one attached hydrogen (secondary N) is 1. The fraction of sp³-hybridized carbons (Fsp3) is 0.357. The van der Waals surface area contributed by atoms with E-state index in [4.69, 9.17) is 4.74 Å². The smallest absolute Gasteiger partial charge is 0.123 e. The van der Waals surface area contributed by atoms with Gasteiger partial charge in [0.1, 0.15) is 17.4 Å². The van der Waals surface area contributed by atoms with Crippen molar-refractivity contribution in [1.29, 1.82) is 0 Å². The van der Waals surface area contributed by atoms with Crippen LogP contribution in [0.4, 0.5) is 8.78 Å². The lowest BCUT2D eigenvalue weighted by Gasteiger charge is -2.54. The topological polar surface area (TPSA) is 24.5 Å². The summed E-state index contributed by atoms with van der Waals surface area (Å²) in [5, 5.41) is 3.83. The molecule has 2 atom stereocenters. The van der Waals surface area contributed by atoms with E-state index in [1.807, 2.05) is 30.3 Å². The van der Waals surface area contributed by atoms with Gasteiger partial charge in [0.05, 0.1) is 7.11 Å². The third-order valence-electron chi connectivity index (χ3n) is 7.35. The number of piperidine rings is 3. The monoisotopic (exact) mass is 448 g/mol. The molecule has 6 rings (SSSR count). The number of methoxy groups -OCH3 is 1. The van der Waals surface area contributed by atoms with Crippen molar-refractivity contribution in [2.45, 2.75) is 37.4 Å². The van der Waals surface area contributed by atoms with E-state index in [1.54, 1.807) is 31.4 Å². The normalized spacial score (nSPS) is 24.2. The summed E-state index contributed by atoms with van der Waals surface area (Å²) in [5.41, 5.74) is 2.90. The van der Waals surface area contributed by atoms with E-state index in [2.05, 4.69) is 16.3 Å². The molecular weight excluding hydrogens is 418 g/mol. The maximum Gasteiger partial charge on any atom is 0.123 e. The van der Waals surface area contributed by atoms with Crippen LogP contribution in [0, 0.1) is 17.6 Å². The Hall–Kier alpha value is -2.76. The Kier molecular flexibility index (Phi) is 6.43. The standard InChI is InChI=1S/C28H30F2N2O/c1-33-25-11-3-2-6-22(25)18-31-27-19-12-14-32(15-13-19)28(27)26(20-7-4-9-23(29)16-20)21-8-5-10-24(30)17-21/h2-11,16-17,19,26-28,31H,12-15,18H2,1H3. The second-order valence-corrected chi connectivity index (χ2v) is 9.17. The molecule has 5 heteroatoms. The molecule has 3 fully saturated rings. The molecule has 0 saturated carbocycles. The summed E-state index contributed by atoms with van der Waals surface area (Å²) in [4.78, 5) is 2.51. The van der Waals surface area contributed by atoms with Crippen molar-refractivity contribution in [3.05, 3.63) is 101 Å². The number of hydrogen-bond donors (Lipinski definition) is 1. The van der Waals surface area contributed by atoms with E-state index >= 15 is 0 Å². The van der Waals surface area contributed by atoms with Crippen LogP contribution < -0.4 is 10.1 Å². The van der Waals surface area contributed by atoms with Crippen molar-refractivity contribution in [1.82, 2.24) is 10.2 Å². The van der Waals surface area contributed by atoms with Crippen molar-refractivity contribution in [2.24, 2.45) is 5.92 Å². The van der Waals surface area contributed by atoms with Gasteiger partial charge in [-0.1, -0.05) is 42.5 Å². The van der Waals surface area contributed by atoms with Gasteiger partial charge in [-0.05, 0) is 73.3 Å². The van der Waals surface area contributed by atoms with Gasteiger partial charge in [0.2, 0.25) is 0 Å². The molecule has 3 saturated heterocycles. The van der Waals surface area contributed by atoms with Crippen molar-refractivity contribution in [3.8, 4) is 5.75 Å². The van der Waals surface area contributed by atoms with E-state index in [0.717, 1.165) is 48.4 Å². The molecule has 3 aliphatic rings. The maximum atomic E-state index is 14.3. The first kappa shape index (κ1) is 22.1. The first-order valence-electron chi connectivity index (χ1n) is 11.7. The summed E-state index contributed by atoms with van der Waals surface area (Å²) >= 11 is 0. The van der Waals surface area contributed by atoms with Crippen LogP contribution in [-0.4, -0.2) is 37.2 Å². The van der Waals surface area contributed by atoms with Gasteiger partial charge in [-0.25, -0.2) is 8.78 Å². The largest absolute Gasteiger partial charge is 0.496 e. The fourth-order valence-electron chi connectivity index (χ4n) is 5.85. The Bertz CT molecular complexity index is 1050. The van der Waals surface area contributed by atoms with Crippen molar-refractivity contribution >= 4 is 0 Å². The van der Waals surface area contributed by atoms with Crippen molar-refractivity contribution in [3.63, 3.8) is 0 Å². The molecule has 33 heavy (non-hydrogen) atoms. The first-order valence-corrected chi connectivity index (χ1v) is 11.7. The Morgan fingerprint density at radius 1 is 0.909 bits per heavy atom. The molecule has 0 aromatic heterocycles. The molecular formula is C28H30F2N2O. The highest BCUT2D eigenvalue weighted by Gasteiger charge is 2.46. The summed E-state index contributed by atoms with van der Waals surface area (Å²) < 4.78 is 34.2. The summed E-state index contributed by atoms with van der Waals surface area (Å²) in [6.07, 6.45) is 2.28. The molecule has 172 valence electrons. The summed E-state index contributed by atoms with van der Waals surface area (Å²) in [6, 6.07) is 22.0. The van der Waals surface area contributed by atoms with E-state index in [-0.39, 0.29) is 29.6 Å². The minimum absolute atomic E-state index is 0.107. The highest BCUT2D eigenvalue weighted by molar-refractivity contribution is 5.37. The maximum absolute atomic E-state index is 14.3. The lowest BCUT2D eigenvalue weighted by atomic mass is 9.70. The number of para-hydroxylation sites is 1. The molecule has 0 amide bonds. The average molecular weight is 449 g/mol. The van der Waals surface area contributed by atoms with Crippen LogP contribution in [0.25, 0.3) is 0 Å². The summed E-state index contributed by atoms with van der Waals surface area (Å²) in [7, 11) is 1.69. The predicted octanol–water partition coefficient (Wildman–Crippen LogP) is 5.36. The van der Waals surface area contributed by atoms with Gasteiger partial charge < -0.3 is 10.1 Å². The predicted molar refractivity (Wildman–Crippen MR) is 126 cm³/mol. The van der Waals surface area contributed by atoms with Gasteiger partial charge in [0, 0.05) is 30.1 Å². The third kappa shape index (κ3) is 4.53. The lowest BCUT2D eigenvalue weighted by Crippen LogP contribution is -2.64. The van der Waals surface area contributed by atoms with Gasteiger partial charge in [-0.2, -0.15) is 0 Å². The van der Waals surface area contributed by atoms with Gasteiger partial charge in [-0.3, -0.25) is 4.90 Å². The Morgan fingerprint density at radius 2 is 1.55 bits per heavy atom. The SMILES string of the molecule is COc1ccccc1CNC1C2CCN(CC2)C1C(c1cccc(F)c1)c1cccc(F)c1. The molecule has 0 radical (unpaired) electrons. The molecule has 2 bridgehead atoms. The van der Waals surface area contributed by atoms with Crippen LogP contribution in [0.2, 0.25) is 0 Å². The van der Waals surface area contributed by atoms with Gasteiger partial charge in [0.25, 0.3) is 0 Å². The fourth-order valence-corrected chi connectivity index (χ4v) is 5.85. The van der Waals surface area contributed by atoms with E-state index in [1.165, 1.54) is 12.1 Å². The van der Waals surface area contributed by atoms with Gasteiger partial charge in [0.15, 0.2) is 0 Å². The highest BCUT2D eigenvalue weighted by Crippen LogP contribution is 2.42. The van der Waals surface area contributed by atoms with Gasteiger partial charge in [-0.15, -0.1) is 0 Å². The first-order chi connectivity index (χ1) is 16.1. The van der Waals surface area contributed by atoms with Crippen LogP contribution in [0.1, 0.15) is 35.4 Å². The van der Waals surface area contributed by atoms with E-state index < -0.39 is 0 Å². The molecule has 3 aliphatic heterocycles. The van der Waals surface area contributed by atoms with Crippen LogP contribution >= 0.6 is 0 Å². The summed E-state index contributed by atoms with van der Waals surface area (Å²) in [6.45, 7) is 2.72. The van der Waals surface area contributed by atoms with Gasteiger partial charge >= 0.3 is 0 Å². The summed E-state index contributed by atoms with van der Waals surface area (Å²) in [5.74, 6) is 0.746.